The van der Waals surface area contributed by atoms with Crippen molar-refractivity contribution in [3.05, 3.63) is 69.8 Å². The van der Waals surface area contributed by atoms with Crippen molar-refractivity contribution >= 4 is 32.8 Å². The Morgan fingerprint density at radius 1 is 1.19 bits per heavy atom. The average Bonchev–Trinajstić information content (AvgIpc) is 2.72. The second kappa shape index (κ2) is 6.68. The van der Waals surface area contributed by atoms with E-state index in [1.165, 1.54) is 18.2 Å². The molecule has 0 aliphatic carbocycles. The molecule has 0 N–H and O–H groups in total. The number of aliphatic imine (C=N–C) groups is 1. The Morgan fingerprint density at radius 2 is 1.88 bits per heavy atom. The molecular weight excluding hydrogens is 358 g/mol. The van der Waals surface area contributed by atoms with Crippen LogP contribution in [0.2, 0.25) is 0 Å². The molecule has 1 aliphatic rings. The van der Waals surface area contributed by atoms with Crippen LogP contribution in [-0.2, 0) is 14.6 Å². The largest absolute Gasteiger partial charge is 0.295 e. The second-order valence-electron chi connectivity index (χ2n) is 5.87. The summed E-state index contributed by atoms with van der Waals surface area (Å²) >= 11 is 0. The molecule has 9 heteroatoms. The molecule has 26 heavy (non-hydrogen) atoms. The van der Waals surface area contributed by atoms with E-state index in [9.17, 15) is 23.3 Å². The molecule has 3 rings (SSSR count). The molecule has 0 spiro atoms. The highest BCUT2D eigenvalue weighted by Gasteiger charge is 2.29. The number of hydrogen-bond donors (Lipinski definition) is 0. The minimum atomic E-state index is -3.50. The lowest BCUT2D eigenvalue weighted by molar-refractivity contribution is -0.384. The molecule has 0 unspecified atom stereocenters. The van der Waals surface area contributed by atoms with E-state index < -0.39 is 26.5 Å². The van der Waals surface area contributed by atoms with Crippen LogP contribution in [0.25, 0.3) is 0 Å². The number of rotatable bonds is 4. The fourth-order valence-electron chi connectivity index (χ4n) is 2.73. The van der Waals surface area contributed by atoms with Gasteiger partial charge in [-0.3, -0.25) is 24.8 Å². The number of nitro benzene ring substituents is 1. The molecule has 0 fully saturated rings. The first-order valence-electron chi connectivity index (χ1n) is 7.63. The molecule has 0 bridgehead atoms. The molecule has 2 aromatic carbocycles. The van der Waals surface area contributed by atoms with Gasteiger partial charge < -0.3 is 0 Å². The maximum Gasteiger partial charge on any atom is 0.270 e. The van der Waals surface area contributed by atoms with E-state index in [-0.39, 0.29) is 17.9 Å². The smallest absolute Gasteiger partial charge is 0.270 e. The third kappa shape index (κ3) is 3.62. The van der Waals surface area contributed by atoms with E-state index in [2.05, 4.69) is 4.99 Å². The van der Waals surface area contributed by atoms with Gasteiger partial charge in [-0.1, -0.05) is 30.3 Å². The van der Waals surface area contributed by atoms with E-state index in [1.807, 2.05) is 6.07 Å². The summed E-state index contributed by atoms with van der Waals surface area (Å²) in [6.45, 7) is -0.248. The van der Waals surface area contributed by atoms with Crippen molar-refractivity contribution in [3.63, 3.8) is 0 Å². The summed E-state index contributed by atoms with van der Waals surface area (Å²) in [4.78, 5) is 28.5. The molecule has 0 aromatic heterocycles. The topological polar surface area (TPSA) is 110 Å². The Bertz CT molecular complexity index is 1020. The molecule has 1 aliphatic heterocycles. The quantitative estimate of drug-likeness (QED) is 0.599. The van der Waals surface area contributed by atoms with Gasteiger partial charge in [0.15, 0.2) is 9.84 Å². The molecule has 8 nitrogen and oxygen atoms in total. The predicted molar refractivity (Wildman–Crippen MR) is 97.2 cm³/mol. The highest BCUT2D eigenvalue weighted by Crippen LogP contribution is 2.30. The van der Waals surface area contributed by atoms with Crippen molar-refractivity contribution in [2.75, 3.05) is 23.6 Å². The first kappa shape index (κ1) is 17.7. The summed E-state index contributed by atoms with van der Waals surface area (Å²) in [5, 5.41) is 11.2. The standard InChI is InChI=1S/C17H15N3O5S/c1-26(24,25)11-19-15-8-7-13(20(22)23)9-14(15)17(18-10-16(19)21)12-5-3-2-4-6-12/h2-9H,10-11H2,1H3. The molecule has 1 heterocycles. The zero-order chi connectivity index (χ0) is 18.9. The number of carbonyl (C=O) groups excluding carboxylic acids is 1. The first-order chi connectivity index (χ1) is 12.3. The van der Waals surface area contributed by atoms with Gasteiger partial charge in [0.05, 0.1) is 16.3 Å². The number of benzene rings is 2. The Kier molecular flexibility index (Phi) is 4.56. The number of sulfone groups is 1. The molecule has 2 aromatic rings. The monoisotopic (exact) mass is 373 g/mol. The van der Waals surface area contributed by atoms with E-state index in [1.54, 1.807) is 24.3 Å². The number of non-ortho nitro benzene ring substituents is 1. The van der Waals surface area contributed by atoms with E-state index in [4.69, 9.17) is 0 Å². The molecule has 0 saturated heterocycles. The highest BCUT2D eigenvalue weighted by molar-refractivity contribution is 7.90. The molecule has 134 valence electrons. The number of anilines is 1. The summed E-state index contributed by atoms with van der Waals surface area (Å²) in [6.07, 6.45) is 1.02. The summed E-state index contributed by atoms with van der Waals surface area (Å²) in [5.41, 5.74) is 1.56. The van der Waals surface area contributed by atoms with Crippen LogP contribution >= 0.6 is 0 Å². The van der Waals surface area contributed by atoms with E-state index in [0.29, 0.717) is 16.8 Å². The summed E-state index contributed by atoms with van der Waals surface area (Å²) < 4.78 is 23.5. The molecule has 1 amide bonds. The van der Waals surface area contributed by atoms with Crippen molar-refractivity contribution in [2.24, 2.45) is 4.99 Å². The van der Waals surface area contributed by atoms with Gasteiger partial charge in [0.1, 0.15) is 12.4 Å². The molecule has 0 atom stereocenters. The Balaban J connectivity index is 2.24. The van der Waals surface area contributed by atoms with Crippen LogP contribution in [-0.4, -0.2) is 43.6 Å². The maximum absolute atomic E-state index is 12.5. The number of carbonyl (C=O) groups is 1. The van der Waals surface area contributed by atoms with Gasteiger partial charge in [0.25, 0.3) is 5.69 Å². The van der Waals surface area contributed by atoms with Gasteiger partial charge in [-0.25, -0.2) is 8.42 Å². The molecule has 0 radical (unpaired) electrons. The van der Waals surface area contributed by atoms with Gasteiger partial charge in [-0.2, -0.15) is 0 Å². The molecular formula is C17H15N3O5S. The third-order valence-corrected chi connectivity index (χ3v) is 4.55. The van der Waals surface area contributed by atoms with Gasteiger partial charge >= 0.3 is 0 Å². The second-order valence-corrected chi connectivity index (χ2v) is 7.98. The lowest BCUT2D eigenvalue weighted by Crippen LogP contribution is -2.36. The average molecular weight is 373 g/mol. The van der Waals surface area contributed by atoms with Gasteiger partial charge in [0.2, 0.25) is 5.91 Å². The van der Waals surface area contributed by atoms with Crippen LogP contribution in [0.15, 0.2) is 53.5 Å². The summed E-state index contributed by atoms with van der Waals surface area (Å²) in [6, 6.07) is 12.9. The normalized spacial score (nSPS) is 14.4. The van der Waals surface area contributed by atoms with Crippen molar-refractivity contribution < 1.29 is 18.1 Å². The molecule has 0 saturated carbocycles. The van der Waals surface area contributed by atoms with Crippen LogP contribution < -0.4 is 4.90 Å². The number of hydrogen-bond acceptors (Lipinski definition) is 6. The van der Waals surface area contributed by atoms with Crippen molar-refractivity contribution in [2.45, 2.75) is 0 Å². The number of benzodiazepines with no additional fused rings is 1. The van der Waals surface area contributed by atoms with Gasteiger partial charge in [-0.15, -0.1) is 0 Å². The SMILES string of the molecule is CS(=O)(=O)CN1C(=O)CN=C(c2ccccc2)c2cc([N+](=O)[O-])ccc21. The van der Waals surface area contributed by atoms with Crippen LogP contribution in [0.1, 0.15) is 11.1 Å². The Labute approximate surface area is 149 Å². The van der Waals surface area contributed by atoms with Crippen LogP contribution in [0.5, 0.6) is 0 Å². The van der Waals surface area contributed by atoms with Crippen LogP contribution in [0.4, 0.5) is 11.4 Å². The number of amides is 1. The van der Waals surface area contributed by atoms with E-state index in [0.717, 1.165) is 11.2 Å². The number of nitro groups is 1. The van der Waals surface area contributed by atoms with Gasteiger partial charge in [0, 0.05) is 29.5 Å². The Hall–Kier alpha value is -3.07. The highest BCUT2D eigenvalue weighted by atomic mass is 32.2. The predicted octanol–water partition coefficient (Wildman–Crippen LogP) is 1.78. The van der Waals surface area contributed by atoms with Crippen molar-refractivity contribution in [1.82, 2.24) is 0 Å². The number of nitrogens with zero attached hydrogens (tertiary/aromatic N) is 3. The van der Waals surface area contributed by atoms with Crippen molar-refractivity contribution in [3.8, 4) is 0 Å². The zero-order valence-corrected chi connectivity index (χ0v) is 14.6. The summed E-state index contributed by atoms with van der Waals surface area (Å²) in [5.74, 6) is -1.01. The first-order valence-corrected chi connectivity index (χ1v) is 9.69. The minimum Gasteiger partial charge on any atom is -0.295 e. The fraction of sp³-hybridized carbons (Fsp3) is 0.176. The number of fused-ring (bicyclic) bond motifs is 1. The van der Waals surface area contributed by atoms with Gasteiger partial charge in [-0.05, 0) is 6.07 Å². The van der Waals surface area contributed by atoms with Crippen molar-refractivity contribution in [1.29, 1.82) is 0 Å². The maximum atomic E-state index is 12.5. The van der Waals surface area contributed by atoms with Crippen LogP contribution in [0.3, 0.4) is 0 Å². The lowest BCUT2D eigenvalue weighted by atomic mass is 9.99. The third-order valence-electron chi connectivity index (χ3n) is 3.82. The fourth-order valence-corrected chi connectivity index (χ4v) is 3.49. The lowest BCUT2D eigenvalue weighted by Gasteiger charge is -2.22. The van der Waals surface area contributed by atoms with Crippen LogP contribution in [0, 0.1) is 10.1 Å². The Morgan fingerprint density at radius 3 is 2.50 bits per heavy atom. The van der Waals surface area contributed by atoms with E-state index >= 15 is 0 Å². The summed E-state index contributed by atoms with van der Waals surface area (Å²) in [7, 11) is -3.50. The minimum absolute atomic E-state index is 0.166. The zero-order valence-electron chi connectivity index (χ0n) is 13.8.